The molecule has 0 saturated carbocycles. The molecule has 0 fully saturated rings. The first-order valence-electron chi connectivity index (χ1n) is 11.6. The molecule has 0 aliphatic rings. The summed E-state index contributed by atoms with van der Waals surface area (Å²) in [5.74, 6) is 1.10. The van der Waals surface area contributed by atoms with Crippen molar-refractivity contribution in [3.8, 4) is 22.6 Å². The SMILES string of the molecule is CCC(POc1ccccc1-c1ccccc1OPC(C)c1ccc(F)cc1)c1ccc(F)cc1. The highest BCUT2D eigenvalue weighted by Crippen LogP contribution is 2.45. The first-order chi connectivity index (χ1) is 17.0. The lowest BCUT2D eigenvalue weighted by atomic mass is 10.0. The van der Waals surface area contributed by atoms with Gasteiger partial charge in [-0.25, -0.2) is 8.78 Å². The van der Waals surface area contributed by atoms with Crippen LogP contribution in [0.4, 0.5) is 8.78 Å². The Morgan fingerprint density at radius 3 is 1.60 bits per heavy atom. The van der Waals surface area contributed by atoms with Gasteiger partial charge >= 0.3 is 0 Å². The van der Waals surface area contributed by atoms with Gasteiger partial charge in [0.2, 0.25) is 0 Å². The topological polar surface area (TPSA) is 18.5 Å². The summed E-state index contributed by atoms with van der Waals surface area (Å²) in [5.41, 5.74) is 4.36. The lowest BCUT2D eigenvalue weighted by molar-refractivity contribution is 0.608. The van der Waals surface area contributed by atoms with E-state index in [0.29, 0.717) is 0 Å². The fourth-order valence-electron chi connectivity index (χ4n) is 3.74. The molecule has 0 radical (unpaired) electrons. The van der Waals surface area contributed by atoms with Crippen LogP contribution in [0, 0.1) is 11.6 Å². The lowest BCUT2D eigenvalue weighted by Crippen LogP contribution is -1.95. The Morgan fingerprint density at radius 2 is 1.09 bits per heavy atom. The van der Waals surface area contributed by atoms with Gasteiger partial charge in [-0.2, -0.15) is 0 Å². The second-order valence-electron chi connectivity index (χ2n) is 8.22. The Bertz CT molecular complexity index is 1230. The van der Waals surface area contributed by atoms with Gasteiger partial charge in [-0.1, -0.05) is 74.5 Å². The fourth-order valence-corrected chi connectivity index (χ4v) is 5.50. The van der Waals surface area contributed by atoms with E-state index in [1.165, 1.54) is 24.3 Å². The molecule has 4 unspecified atom stereocenters. The molecule has 4 atom stereocenters. The van der Waals surface area contributed by atoms with Crippen molar-refractivity contribution in [1.29, 1.82) is 0 Å². The van der Waals surface area contributed by atoms with Crippen LogP contribution in [0.3, 0.4) is 0 Å². The molecule has 180 valence electrons. The van der Waals surface area contributed by atoms with Crippen LogP contribution in [-0.2, 0) is 0 Å². The maximum Gasteiger partial charge on any atom is 0.130 e. The first-order valence-corrected chi connectivity index (χ1v) is 13.6. The monoisotopic (exact) mass is 508 g/mol. The third kappa shape index (κ3) is 6.66. The van der Waals surface area contributed by atoms with E-state index in [2.05, 4.69) is 13.8 Å². The molecule has 0 heterocycles. The van der Waals surface area contributed by atoms with Gasteiger partial charge in [0.15, 0.2) is 0 Å². The minimum atomic E-state index is -0.238. The zero-order chi connectivity index (χ0) is 24.6. The number of para-hydroxylation sites is 2. The number of hydrogen-bond donors (Lipinski definition) is 0. The largest absolute Gasteiger partial charge is 0.476 e. The van der Waals surface area contributed by atoms with E-state index < -0.39 is 0 Å². The van der Waals surface area contributed by atoms with Crippen molar-refractivity contribution < 1.29 is 17.8 Å². The molecule has 35 heavy (non-hydrogen) atoms. The van der Waals surface area contributed by atoms with Crippen LogP contribution in [0.25, 0.3) is 11.1 Å². The zero-order valence-corrected chi connectivity index (χ0v) is 21.7. The Hall–Kier alpha value is -2.80. The van der Waals surface area contributed by atoms with Gasteiger partial charge in [-0.3, -0.25) is 0 Å². The summed E-state index contributed by atoms with van der Waals surface area (Å²) in [6.07, 6.45) is 0.897. The summed E-state index contributed by atoms with van der Waals surface area (Å²) >= 11 is 0. The molecule has 0 bridgehead atoms. The van der Waals surface area contributed by atoms with Crippen LogP contribution in [0.2, 0.25) is 0 Å². The molecule has 0 aromatic heterocycles. The number of benzene rings is 4. The summed E-state index contributed by atoms with van der Waals surface area (Å²) in [4.78, 5) is 0. The van der Waals surface area contributed by atoms with Crippen molar-refractivity contribution in [2.24, 2.45) is 0 Å². The molecule has 6 heteroatoms. The quantitative estimate of drug-likeness (QED) is 0.199. The van der Waals surface area contributed by atoms with Crippen molar-refractivity contribution in [1.82, 2.24) is 0 Å². The number of rotatable bonds is 10. The highest BCUT2D eigenvalue weighted by Gasteiger charge is 2.16. The second kappa shape index (κ2) is 12.2. The van der Waals surface area contributed by atoms with Crippen molar-refractivity contribution in [3.63, 3.8) is 0 Å². The van der Waals surface area contributed by atoms with E-state index in [0.717, 1.165) is 40.2 Å². The summed E-state index contributed by atoms with van der Waals surface area (Å²) in [7, 11) is 0.378. The molecule has 0 saturated heterocycles. The minimum absolute atomic E-state index is 0.137. The Kier molecular flexibility index (Phi) is 8.85. The maximum absolute atomic E-state index is 13.4. The minimum Gasteiger partial charge on any atom is -0.476 e. The van der Waals surface area contributed by atoms with Gasteiger partial charge in [0.25, 0.3) is 0 Å². The molecular formula is C29H28F2O2P2. The summed E-state index contributed by atoms with van der Waals surface area (Å²) < 4.78 is 39.2. The number of halogens is 2. The Labute approximate surface area is 209 Å². The molecule has 0 N–H and O–H groups in total. The standard InChI is InChI=1S/C29H28F2O2P2/c1-3-29(22-14-18-24(31)19-15-22)35-33-28-11-7-5-9-26(28)25-8-4-6-10-27(25)32-34-20(2)21-12-16-23(30)17-13-21/h4-20,29,34-35H,3H2,1-2H3. The zero-order valence-electron chi connectivity index (χ0n) is 19.7. The van der Waals surface area contributed by atoms with Gasteiger partial charge in [-0.15, -0.1) is 0 Å². The van der Waals surface area contributed by atoms with Gasteiger partial charge in [0.1, 0.15) is 23.1 Å². The molecule has 0 aliphatic heterocycles. The van der Waals surface area contributed by atoms with E-state index in [4.69, 9.17) is 9.05 Å². The summed E-state index contributed by atoms with van der Waals surface area (Å²) in [6.45, 7) is 4.19. The van der Waals surface area contributed by atoms with E-state index >= 15 is 0 Å². The van der Waals surface area contributed by atoms with Crippen LogP contribution in [0.15, 0.2) is 97.1 Å². The Balaban J connectivity index is 1.51. The van der Waals surface area contributed by atoms with Gasteiger partial charge in [-0.05, 0) is 53.9 Å². The molecule has 0 amide bonds. The smallest absolute Gasteiger partial charge is 0.130 e. The van der Waals surface area contributed by atoms with Crippen LogP contribution >= 0.6 is 17.6 Å². The highest BCUT2D eigenvalue weighted by atomic mass is 31.1. The molecule has 4 aromatic carbocycles. The average Bonchev–Trinajstić information content (AvgIpc) is 2.89. The number of hydrogen-bond acceptors (Lipinski definition) is 2. The van der Waals surface area contributed by atoms with Crippen molar-refractivity contribution in [2.75, 3.05) is 0 Å². The normalized spacial score (nSPS) is 13.4. The van der Waals surface area contributed by atoms with Crippen LogP contribution in [-0.4, -0.2) is 0 Å². The van der Waals surface area contributed by atoms with Crippen molar-refractivity contribution >= 4 is 17.6 Å². The molecular weight excluding hydrogens is 480 g/mol. The van der Waals surface area contributed by atoms with Crippen molar-refractivity contribution in [3.05, 3.63) is 120 Å². The summed E-state index contributed by atoms with van der Waals surface area (Å²) in [5, 5.41) is 0. The fraction of sp³-hybridized carbons (Fsp3) is 0.172. The third-order valence-electron chi connectivity index (χ3n) is 5.77. The Morgan fingerprint density at radius 1 is 0.629 bits per heavy atom. The van der Waals surface area contributed by atoms with Crippen molar-refractivity contribution in [2.45, 2.75) is 31.6 Å². The second-order valence-corrected chi connectivity index (χ2v) is 10.7. The molecule has 0 spiro atoms. The van der Waals surface area contributed by atoms with Gasteiger partial charge < -0.3 is 9.05 Å². The highest BCUT2D eigenvalue weighted by molar-refractivity contribution is 7.33. The molecule has 4 rings (SSSR count). The molecule has 0 aliphatic carbocycles. The van der Waals surface area contributed by atoms with E-state index in [-0.39, 0.29) is 40.6 Å². The first kappa shape index (κ1) is 25.3. The lowest BCUT2D eigenvalue weighted by Gasteiger charge is -2.19. The molecule has 2 nitrogen and oxygen atoms in total. The van der Waals surface area contributed by atoms with Gasteiger partial charge in [0, 0.05) is 22.4 Å². The maximum atomic E-state index is 13.4. The van der Waals surface area contributed by atoms with Crippen LogP contribution < -0.4 is 9.05 Å². The van der Waals surface area contributed by atoms with E-state index in [1.54, 1.807) is 12.1 Å². The van der Waals surface area contributed by atoms with E-state index in [9.17, 15) is 8.78 Å². The molecule has 4 aromatic rings. The summed E-state index contributed by atoms with van der Waals surface area (Å²) in [6, 6.07) is 29.1. The van der Waals surface area contributed by atoms with E-state index in [1.807, 2.05) is 60.7 Å². The predicted octanol–water partition coefficient (Wildman–Crippen LogP) is 9.49. The van der Waals surface area contributed by atoms with Gasteiger partial charge in [0.05, 0.1) is 17.6 Å². The van der Waals surface area contributed by atoms with Crippen LogP contribution in [0.5, 0.6) is 11.5 Å². The average molecular weight is 508 g/mol. The third-order valence-corrected chi connectivity index (χ3v) is 8.16. The predicted molar refractivity (Wildman–Crippen MR) is 144 cm³/mol. The van der Waals surface area contributed by atoms with Crippen LogP contribution in [0.1, 0.15) is 42.7 Å².